The van der Waals surface area contributed by atoms with E-state index in [-0.39, 0.29) is 23.9 Å². The summed E-state index contributed by atoms with van der Waals surface area (Å²) in [6.45, 7) is 14.2. The van der Waals surface area contributed by atoms with Crippen LogP contribution >= 0.6 is 0 Å². The van der Waals surface area contributed by atoms with Gasteiger partial charge in [0.05, 0.1) is 38.1 Å². The number of fused-ring (bicyclic) bond motifs is 1. The van der Waals surface area contributed by atoms with Gasteiger partial charge in [0.1, 0.15) is 11.9 Å². The third kappa shape index (κ3) is 10.1. The maximum atomic E-state index is 13.6. The quantitative estimate of drug-likeness (QED) is 0.223. The lowest BCUT2D eigenvalue weighted by atomic mass is 9.89. The van der Waals surface area contributed by atoms with Crippen molar-refractivity contribution in [2.75, 3.05) is 25.6 Å². The Morgan fingerprint density at radius 3 is 2.58 bits per heavy atom. The maximum absolute atomic E-state index is 13.6. The number of anilines is 1. The summed E-state index contributed by atoms with van der Waals surface area (Å²) in [7, 11) is 1.64. The van der Waals surface area contributed by atoms with E-state index in [0.717, 1.165) is 22.7 Å². The van der Waals surface area contributed by atoms with E-state index in [1.807, 2.05) is 87.2 Å². The van der Waals surface area contributed by atoms with Gasteiger partial charge < -0.3 is 25.0 Å². The lowest BCUT2D eigenvalue weighted by Gasteiger charge is -2.42. The number of allylic oxidation sites excluding steroid dienone is 4. The Labute approximate surface area is 256 Å². The number of carbonyl (C=O) groups is 2. The Balaban J connectivity index is 0.00000155. The van der Waals surface area contributed by atoms with Crippen LogP contribution in [-0.4, -0.2) is 48.2 Å². The highest BCUT2D eigenvalue weighted by Crippen LogP contribution is 2.34. The van der Waals surface area contributed by atoms with E-state index < -0.39 is 0 Å². The van der Waals surface area contributed by atoms with Gasteiger partial charge in [0.2, 0.25) is 5.91 Å². The summed E-state index contributed by atoms with van der Waals surface area (Å²) in [4.78, 5) is 31.3. The minimum atomic E-state index is -0.275. The predicted molar refractivity (Wildman–Crippen MR) is 174 cm³/mol. The van der Waals surface area contributed by atoms with Crippen LogP contribution in [0.1, 0.15) is 57.1 Å². The molecular formula is C35H46N4O4. The molecule has 1 aromatic carbocycles. The fourth-order valence-electron chi connectivity index (χ4n) is 4.71. The molecule has 0 radical (unpaired) electrons. The van der Waals surface area contributed by atoms with E-state index in [0.29, 0.717) is 37.4 Å². The molecule has 0 saturated heterocycles. The topological polar surface area (TPSA) is 92.8 Å². The van der Waals surface area contributed by atoms with E-state index in [1.165, 1.54) is 6.92 Å². The minimum Gasteiger partial charge on any atom is -0.497 e. The fraction of sp³-hybridized carbons (Fsp3) is 0.343. The average molecular weight is 587 g/mol. The van der Waals surface area contributed by atoms with Crippen molar-refractivity contribution >= 4 is 17.5 Å². The number of methoxy groups -OCH3 is 1. The van der Waals surface area contributed by atoms with Gasteiger partial charge in [0.15, 0.2) is 0 Å². The number of aromatic nitrogens is 1. The van der Waals surface area contributed by atoms with Gasteiger partial charge in [-0.1, -0.05) is 70.7 Å². The van der Waals surface area contributed by atoms with E-state index in [4.69, 9.17) is 9.47 Å². The molecule has 0 bridgehead atoms. The number of hydrogen-bond donors (Lipinski definition) is 2. The van der Waals surface area contributed by atoms with Crippen LogP contribution < -0.4 is 10.6 Å². The second-order valence-corrected chi connectivity index (χ2v) is 9.21. The molecule has 0 spiro atoms. The van der Waals surface area contributed by atoms with Gasteiger partial charge >= 0.3 is 0 Å². The molecule has 230 valence electrons. The van der Waals surface area contributed by atoms with Crippen molar-refractivity contribution in [2.45, 2.75) is 53.8 Å². The van der Waals surface area contributed by atoms with Crippen LogP contribution in [0.2, 0.25) is 0 Å². The summed E-state index contributed by atoms with van der Waals surface area (Å²) in [6, 6.07) is 13.3. The van der Waals surface area contributed by atoms with Gasteiger partial charge in [0, 0.05) is 36.0 Å². The number of rotatable bonds is 11. The molecule has 2 aromatic rings. The molecule has 0 fully saturated rings. The van der Waals surface area contributed by atoms with Crippen LogP contribution in [0.4, 0.5) is 5.69 Å². The van der Waals surface area contributed by atoms with Crippen LogP contribution in [0.3, 0.4) is 0 Å². The molecule has 0 saturated carbocycles. The standard InChI is InChI=1S/C31H34N4O4.2C2H6/c1-4-10-25(33-22(2)36)12-9-18-39-21-24-19-23(15-16-29(24)38-3)30-34-28-14-6-5-13-27(28)31(37)35(30)20-26-11-7-8-17-32-26;2*1-2/h4-14,16-17,19,23,30,34H,1,15,18,20-21H2,2-3H3,(H,33,36);2*1-2H3/b12-9-,25-10+;;. The average Bonchev–Trinajstić information content (AvgIpc) is 3.04. The van der Waals surface area contributed by atoms with Gasteiger partial charge in [-0.25, -0.2) is 0 Å². The number of para-hydroxylation sites is 1. The van der Waals surface area contributed by atoms with Crippen molar-refractivity contribution in [3.8, 4) is 0 Å². The highest BCUT2D eigenvalue weighted by atomic mass is 16.5. The Morgan fingerprint density at radius 2 is 1.91 bits per heavy atom. The van der Waals surface area contributed by atoms with Crippen LogP contribution in [0.15, 0.2) is 109 Å². The lowest BCUT2D eigenvalue weighted by Crippen LogP contribution is -2.52. The van der Waals surface area contributed by atoms with Crippen LogP contribution in [-0.2, 0) is 20.8 Å². The fourth-order valence-corrected chi connectivity index (χ4v) is 4.71. The van der Waals surface area contributed by atoms with Crippen molar-refractivity contribution in [1.82, 2.24) is 15.2 Å². The van der Waals surface area contributed by atoms with Gasteiger partial charge in [0.25, 0.3) is 5.91 Å². The first-order valence-corrected chi connectivity index (χ1v) is 14.9. The summed E-state index contributed by atoms with van der Waals surface area (Å²) in [5.41, 5.74) is 3.85. The summed E-state index contributed by atoms with van der Waals surface area (Å²) < 4.78 is 11.5. The number of carbonyl (C=O) groups excluding carboxylic acids is 2. The van der Waals surface area contributed by atoms with Gasteiger partial charge in [-0.05, 0) is 48.9 Å². The molecule has 8 heteroatoms. The molecule has 2 heterocycles. The number of benzene rings is 1. The Morgan fingerprint density at radius 1 is 1.16 bits per heavy atom. The molecule has 1 aromatic heterocycles. The predicted octanol–water partition coefficient (Wildman–Crippen LogP) is 6.78. The maximum Gasteiger partial charge on any atom is 0.257 e. The zero-order chi connectivity index (χ0) is 31.6. The number of ether oxygens (including phenoxy) is 2. The van der Waals surface area contributed by atoms with E-state index in [9.17, 15) is 9.59 Å². The van der Waals surface area contributed by atoms with Crippen molar-refractivity contribution in [3.05, 3.63) is 120 Å². The smallest absolute Gasteiger partial charge is 0.257 e. The Hall–Kier alpha value is -4.43. The monoisotopic (exact) mass is 586 g/mol. The Bertz CT molecular complexity index is 1310. The summed E-state index contributed by atoms with van der Waals surface area (Å²) in [5, 5.41) is 6.34. The summed E-state index contributed by atoms with van der Waals surface area (Å²) in [5.74, 6) is 0.567. The number of nitrogens with zero attached hydrogens (tertiary/aromatic N) is 2. The minimum absolute atomic E-state index is 0.0130. The van der Waals surface area contributed by atoms with Gasteiger partial charge in [-0.2, -0.15) is 0 Å². The van der Waals surface area contributed by atoms with Gasteiger partial charge in [-0.3, -0.25) is 14.6 Å². The number of hydrogen-bond acceptors (Lipinski definition) is 6. The normalized spacial score (nSPS) is 17.6. The molecular weight excluding hydrogens is 540 g/mol. The third-order valence-electron chi connectivity index (χ3n) is 6.44. The SMILES string of the molecule is C=C/C=C(\C=C/COCC1=CC(C2Nc3ccccc3C(=O)N2Cc2ccccn2)CC=C1OC)NC(C)=O.CC.CC. The summed E-state index contributed by atoms with van der Waals surface area (Å²) >= 11 is 0. The largest absolute Gasteiger partial charge is 0.497 e. The second kappa shape index (κ2) is 18.9. The molecule has 4 rings (SSSR count). The first-order chi connectivity index (χ1) is 21.0. The van der Waals surface area contributed by atoms with Crippen molar-refractivity contribution in [3.63, 3.8) is 0 Å². The van der Waals surface area contributed by atoms with Crippen LogP contribution in [0.25, 0.3) is 0 Å². The molecule has 2 amide bonds. The first-order valence-electron chi connectivity index (χ1n) is 14.9. The molecule has 2 N–H and O–H groups in total. The summed E-state index contributed by atoms with van der Waals surface area (Å²) in [6.07, 6.45) is 13.3. The third-order valence-corrected chi connectivity index (χ3v) is 6.44. The van der Waals surface area contributed by atoms with Crippen molar-refractivity contribution < 1.29 is 19.1 Å². The second-order valence-electron chi connectivity index (χ2n) is 9.21. The van der Waals surface area contributed by atoms with Gasteiger partial charge in [-0.15, -0.1) is 0 Å². The molecule has 43 heavy (non-hydrogen) atoms. The number of amides is 2. The van der Waals surface area contributed by atoms with E-state index >= 15 is 0 Å². The van der Waals surface area contributed by atoms with E-state index in [1.54, 1.807) is 31.5 Å². The molecule has 1 aliphatic carbocycles. The van der Waals surface area contributed by atoms with Crippen molar-refractivity contribution in [1.29, 1.82) is 0 Å². The van der Waals surface area contributed by atoms with E-state index in [2.05, 4.69) is 28.3 Å². The van der Waals surface area contributed by atoms with Crippen LogP contribution in [0, 0.1) is 5.92 Å². The molecule has 2 aliphatic rings. The molecule has 2 atom stereocenters. The Kier molecular flexibility index (Phi) is 15.3. The lowest BCUT2D eigenvalue weighted by molar-refractivity contribution is -0.118. The molecule has 1 aliphatic heterocycles. The van der Waals surface area contributed by atoms with Crippen molar-refractivity contribution in [2.24, 2.45) is 5.92 Å². The first kappa shape index (κ1) is 34.8. The number of nitrogens with one attached hydrogen (secondary N) is 2. The highest BCUT2D eigenvalue weighted by molar-refractivity contribution is 6.01. The molecule has 8 nitrogen and oxygen atoms in total. The zero-order valence-electron chi connectivity index (χ0n) is 26.3. The zero-order valence-corrected chi connectivity index (χ0v) is 26.3. The number of pyridine rings is 1. The van der Waals surface area contributed by atoms with Crippen LogP contribution in [0.5, 0.6) is 0 Å². The molecule has 2 unspecified atom stereocenters. The highest BCUT2D eigenvalue weighted by Gasteiger charge is 2.37.